The first-order valence-electron chi connectivity index (χ1n) is 7.01. The zero-order valence-corrected chi connectivity index (χ0v) is 11.0. The van der Waals surface area contributed by atoms with Gasteiger partial charge in [-0.3, -0.25) is 0 Å². The molecule has 0 radical (unpaired) electrons. The molecular weight excluding hydrogens is 264 g/mol. The van der Waals surface area contributed by atoms with Gasteiger partial charge in [0.1, 0.15) is 0 Å². The summed E-state index contributed by atoms with van der Waals surface area (Å²) in [5, 5.41) is 11.7. The van der Waals surface area contributed by atoms with E-state index in [4.69, 9.17) is 5.11 Å². The molecule has 2 aliphatic carbocycles. The number of anilines is 1. The molecule has 0 saturated heterocycles. The number of hydrogen-bond acceptors (Lipinski definition) is 2. The lowest BCUT2D eigenvalue weighted by atomic mass is 9.89. The summed E-state index contributed by atoms with van der Waals surface area (Å²) in [4.78, 5) is 10.7. The van der Waals surface area contributed by atoms with Crippen molar-refractivity contribution in [3.63, 3.8) is 0 Å². The van der Waals surface area contributed by atoms with Crippen LogP contribution >= 0.6 is 0 Å². The van der Waals surface area contributed by atoms with Crippen LogP contribution in [0.1, 0.15) is 36.0 Å². The summed E-state index contributed by atoms with van der Waals surface area (Å²) in [6.45, 7) is 0.629. The van der Waals surface area contributed by atoms with Crippen molar-refractivity contribution in [3.8, 4) is 0 Å². The maximum absolute atomic E-state index is 13.8. The molecule has 3 unspecified atom stereocenters. The molecule has 108 valence electrons. The number of halogens is 2. The molecule has 3 nitrogen and oxygen atoms in total. The number of aromatic carboxylic acids is 1. The molecule has 2 aliphatic rings. The molecule has 2 saturated carbocycles. The van der Waals surface area contributed by atoms with Crippen LogP contribution in [0.2, 0.25) is 0 Å². The summed E-state index contributed by atoms with van der Waals surface area (Å²) in [5.74, 6) is -1.82. The molecule has 0 aliphatic heterocycles. The minimum absolute atomic E-state index is 0.0512. The highest BCUT2D eigenvalue weighted by Crippen LogP contribution is 2.48. The number of rotatable bonds is 4. The average Bonchev–Trinajstić information content (AvgIpc) is 3.02. The Balaban J connectivity index is 1.69. The van der Waals surface area contributed by atoms with Gasteiger partial charge in [-0.15, -0.1) is 0 Å². The van der Waals surface area contributed by atoms with Gasteiger partial charge in [-0.2, -0.15) is 0 Å². The zero-order valence-electron chi connectivity index (χ0n) is 11.0. The van der Waals surface area contributed by atoms with E-state index in [1.165, 1.54) is 25.3 Å². The first-order valence-corrected chi connectivity index (χ1v) is 7.01. The third kappa shape index (κ3) is 2.25. The summed E-state index contributed by atoms with van der Waals surface area (Å²) in [5.41, 5.74) is -0.580. The maximum atomic E-state index is 13.8. The molecule has 5 heteroatoms. The maximum Gasteiger partial charge on any atom is 0.338 e. The van der Waals surface area contributed by atoms with Gasteiger partial charge in [0.15, 0.2) is 11.6 Å². The molecule has 1 aromatic rings. The molecule has 20 heavy (non-hydrogen) atoms. The van der Waals surface area contributed by atoms with Crippen LogP contribution in [0.15, 0.2) is 12.1 Å². The molecule has 2 fully saturated rings. The largest absolute Gasteiger partial charge is 0.478 e. The molecule has 0 amide bonds. The van der Waals surface area contributed by atoms with E-state index in [2.05, 4.69) is 5.32 Å². The molecule has 2 bridgehead atoms. The Morgan fingerprint density at radius 3 is 2.65 bits per heavy atom. The summed E-state index contributed by atoms with van der Waals surface area (Å²) in [6.07, 6.45) is 4.97. The third-order valence-electron chi connectivity index (χ3n) is 4.75. The highest BCUT2D eigenvalue weighted by molar-refractivity contribution is 5.88. The van der Waals surface area contributed by atoms with E-state index in [0.717, 1.165) is 18.4 Å². The minimum atomic E-state index is -1.46. The lowest BCUT2D eigenvalue weighted by molar-refractivity contribution is 0.0690. The topological polar surface area (TPSA) is 49.3 Å². The van der Waals surface area contributed by atoms with Crippen molar-refractivity contribution in [2.45, 2.75) is 25.7 Å². The van der Waals surface area contributed by atoms with Crippen molar-refractivity contribution < 1.29 is 18.7 Å². The van der Waals surface area contributed by atoms with Crippen LogP contribution in [0.4, 0.5) is 14.5 Å². The summed E-state index contributed by atoms with van der Waals surface area (Å²) in [7, 11) is 0. The van der Waals surface area contributed by atoms with Gasteiger partial charge in [0.05, 0.1) is 11.3 Å². The fourth-order valence-corrected chi connectivity index (χ4v) is 3.72. The monoisotopic (exact) mass is 281 g/mol. The van der Waals surface area contributed by atoms with Gasteiger partial charge in [0, 0.05) is 6.54 Å². The standard InChI is InChI=1S/C15H17F2NO2/c16-13-11(15(19)20)3-4-12(14(13)17)18-7-10-6-8-1-2-9(10)5-8/h3-4,8-10,18H,1-2,5-7H2,(H,19,20). The van der Waals surface area contributed by atoms with Crippen molar-refractivity contribution in [2.75, 3.05) is 11.9 Å². The van der Waals surface area contributed by atoms with Crippen molar-refractivity contribution in [1.29, 1.82) is 0 Å². The highest BCUT2D eigenvalue weighted by atomic mass is 19.2. The molecule has 0 aromatic heterocycles. The van der Waals surface area contributed by atoms with Crippen LogP contribution < -0.4 is 5.32 Å². The predicted octanol–water partition coefficient (Wildman–Crippen LogP) is 3.51. The molecular formula is C15H17F2NO2. The Hall–Kier alpha value is -1.65. The third-order valence-corrected chi connectivity index (χ3v) is 4.75. The van der Waals surface area contributed by atoms with Crippen LogP contribution in [0.5, 0.6) is 0 Å². The number of benzene rings is 1. The van der Waals surface area contributed by atoms with Crippen LogP contribution in [0.3, 0.4) is 0 Å². The first-order chi connectivity index (χ1) is 9.56. The Labute approximate surface area is 116 Å². The summed E-state index contributed by atoms with van der Waals surface area (Å²) < 4.78 is 27.4. The second kappa shape index (κ2) is 5.04. The van der Waals surface area contributed by atoms with Crippen molar-refractivity contribution in [3.05, 3.63) is 29.3 Å². The van der Waals surface area contributed by atoms with Gasteiger partial charge in [0.25, 0.3) is 0 Å². The van der Waals surface area contributed by atoms with Gasteiger partial charge in [-0.25, -0.2) is 13.6 Å². The Morgan fingerprint density at radius 2 is 2.05 bits per heavy atom. The molecule has 2 N–H and O–H groups in total. The quantitative estimate of drug-likeness (QED) is 0.888. The van der Waals surface area contributed by atoms with Crippen LogP contribution in [-0.4, -0.2) is 17.6 Å². The lowest BCUT2D eigenvalue weighted by Crippen LogP contribution is -2.21. The number of carbonyl (C=O) groups is 1. The molecule has 3 atom stereocenters. The Bertz CT molecular complexity index is 547. The normalized spacial score (nSPS) is 27.8. The Morgan fingerprint density at radius 1 is 1.25 bits per heavy atom. The van der Waals surface area contributed by atoms with Gasteiger partial charge in [-0.05, 0) is 49.1 Å². The van der Waals surface area contributed by atoms with Crippen molar-refractivity contribution in [2.24, 2.45) is 17.8 Å². The van der Waals surface area contributed by atoms with Crippen LogP contribution in [0, 0.1) is 29.4 Å². The molecule has 0 spiro atoms. The van der Waals surface area contributed by atoms with Crippen molar-refractivity contribution in [1.82, 2.24) is 0 Å². The van der Waals surface area contributed by atoms with Gasteiger partial charge >= 0.3 is 5.97 Å². The van der Waals surface area contributed by atoms with Gasteiger partial charge in [0.2, 0.25) is 0 Å². The fraction of sp³-hybridized carbons (Fsp3) is 0.533. The second-order valence-corrected chi connectivity index (χ2v) is 5.91. The van der Waals surface area contributed by atoms with Crippen molar-refractivity contribution >= 4 is 11.7 Å². The van der Waals surface area contributed by atoms with E-state index in [9.17, 15) is 13.6 Å². The smallest absolute Gasteiger partial charge is 0.338 e. The molecule has 1 aromatic carbocycles. The molecule has 3 rings (SSSR count). The van der Waals surface area contributed by atoms with E-state index in [0.29, 0.717) is 18.4 Å². The summed E-state index contributed by atoms with van der Waals surface area (Å²) in [6, 6.07) is 2.40. The van der Waals surface area contributed by atoms with E-state index in [-0.39, 0.29) is 5.69 Å². The SMILES string of the molecule is O=C(O)c1ccc(NCC2CC3CCC2C3)c(F)c1F. The number of nitrogens with one attached hydrogen (secondary N) is 1. The first kappa shape index (κ1) is 13.3. The number of carboxylic acids is 1. The van der Waals surface area contributed by atoms with E-state index in [1.54, 1.807) is 0 Å². The summed E-state index contributed by atoms with van der Waals surface area (Å²) >= 11 is 0. The number of hydrogen-bond donors (Lipinski definition) is 2. The predicted molar refractivity (Wildman–Crippen MR) is 70.7 cm³/mol. The Kier molecular flexibility index (Phi) is 3.36. The second-order valence-electron chi connectivity index (χ2n) is 5.91. The van der Waals surface area contributed by atoms with E-state index < -0.39 is 23.2 Å². The molecule has 0 heterocycles. The zero-order chi connectivity index (χ0) is 14.3. The fourth-order valence-electron chi connectivity index (χ4n) is 3.72. The average molecular weight is 281 g/mol. The number of fused-ring (bicyclic) bond motifs is 2. The highest BCUT2D eigenvalue weighted by Gasteiger charge is 2.39. The van der Waals surface area contributed by atoms with Gasteiger partial charge in [-0.1, -0.05) is 6.42 Å². The van der Waals surface area contributed by atoms with E-state index in [1.807, 2.05) is 0 Å². The van der Waals surface area contributed by atoms with E-state index >= 15 is 0 Å². The van der Waals surface area contributed by atoms with Crippen LogP contribution in [-0.2, 0) is 0 Å². The van der Waals surface area contributed by atoms with Crippen LogP contribution in [0.25, 0.3) is 0 Å². The minimum Gasteiger partial charge on any atom is -0.478 e. The van der Waals surface area contributed by atoms with Gasteiger partial charge < -0.3 is 10.4 Å². The number of carboxylic acid groups (broad SMARTS) is 1. The lowest BCUT2D eigenvalue weighted by Gasteiger charge is -2.22.